The molecule has 0 aliphatic carbocycles. The van der Waals surface area contributed by atoms with Crippen LogP contribution in [0.3, 0.4) is 0 Å². The number of β-amino-alcohol motifs (C(OH)–C–C–N with tert-alkyl or cyclic N) is 1. The Morgan fingerprint density at radius 1 is 1.76 bits per heavy atom. The number of carbonyl (C=O) groups excluding carboxylic acids is 1. The second kappa shape index (κ2) is 5.78. The number of aliphatic hydroxyl groups excluding tert-OH is 1. The molecule has 1 aliphatic heterocycles. The molecule has 1 amide bonds. The zero-order chi connectivity index (χ0) is 12.3. The molecule has 1 atom stereocenters. The Balaban J connectivity index is 2.01. The van der Waals surface area contributed by atoms with Crippen LogP contribution in [0, 0.1) is 0 Å². The molecule has 0 saturated carbocycles. The maximum atomic E-state index is 11.0. The van der Waals surface area contributed by atoms with Crippen LogP contribution in [-0.2, 0) is 4.79 Å². The zero-order valence-corrected chi connectivity index (χ0v) is 12.0. The van der Waals surface area contributed by atoms with Gasteiger partial charge < -0.3 is 0 Å². The summed E-state index contributed by atoms with van der Waals surface area (Å²) in [5, 5.41) is 13.1. The number of amides is 1. The minimum atomic E-state index is -0.485. The molecular weight excluding hydrogens is 303 g/mol. The first-order chi connectivity index (χ1) is 8.16. The molecule has 1 aromatic rings. The monoisotopic (exact) mass is 318 g/mol. The van der Waals surface area contributed by atoms with Crippen molar-refractivity contribution in [3.63, 3.8) is 0 Å². The first-order valence-electron chi connectivity index (χ1n) is 5.35. The summed E-state index contributed by atoms with van der Waals surface area (Å²) in [5.74, 6) is -0.153. The van der Waals surface area contributed by atoms with Crippen molar-refractivity contribution < 1.29 is 9.90 Å². The molecule has 1 fully saturated rings. The van der Waals surface area contributed by atoms with Crippen LogP contribution in [0.4, 0.5) is 0 Å². The summed E-state index contributed by atoms with van der Waals surface area (Å²) < 4.78 is 0.876. The van der Waals surface area contributed by atoms with Gasteiger partial charge in [0.15, 0.2) is 0 Å². The first kappa shape index (κ1) is 12.8. The number of amidine groups is 1. The van der Waals surface area contributed by atoms with Crippen molar-refractivity contribution in [2.75, 3.05) is 13.1 Å². The van der Waals surface area contributed by atoms with Crippen LogP contribution < -0.4 is 0 Å². The van der Waals surface area contributed by atoms with E-state index in [0.717, 1.165) is 21.5 Å². The minimum absolute atomic E-state index is 0.153. The van der Waals surface area contributed by atoms with E-state index in [4.69, 9.17) is 0 Å². The predicted octanol–water partition coefficient (Wildman–Crippen LogP) is 1.12. The van der Waals surface area contributed by atoms with E-state index in [2.05, 4.69) is 4.99 Å². The van der Waals surface area contributed by atoms with Gasteiger partial charge in [0.2, 0.25) is 0 Å². The van der Waals surface area contributed by atoms with Gasteiger partial charge in [0, 0.05) is 0 Å². The fraction of sp³-hybridized carbons (Fsp3) is 0.455. The Labute approximate surface area is 111 Å². The second-order valence-corrected chi connectivity index (χ2v) is 6.95. The number of nitrogens with zero attached hydrogens (tertiary/aromatic N) is 2. The van der Waals surface area contributed by atoms with E-state index in [1.165, 1.54) is 6.92 Å². The number of aliphatic imine (C=N–C) groups is 1. The Morgan fingerprint density at radius 2 is 2.59 bits per heavy atom. The van der Waals surface area contributed by atoms with Gasteiger partial charge in [0.1, 0.15) is 0 Å². The number of hydrogen-bond donors (Lipinski definition) is 1. The Bertz CT molecular complexity index is 419. The summed E-state index contributed by atoms with van der Waals surface area (Å²) in [4.78, 5) is 18.0. The number of hydrogen-bond acceptors (Lipinski definition) is 3. The molecule has 2 heterocycles. The van der Waals surface area contributed by atoms with Gasteiger partial charge in [-0.2, -0.15) is 0 Å². The third kappa shape index (κ3) is 3.39. The van der Waals surface area contributed by atoms with Crippen LogP contribution >= 0.6 is 11.3 Å². The van der Waals surface area contributed by atoms with Gasteiger partial charge in [0.05, 0.1) is 0 Å². The predicted molar refractivity (Wildman–Crippen MR) is 69.5 cm³/mol. The summed E-state index contributed by atoms with van der Waals surface area (Å²) >= 11 is 1.83. The van der Waals surface area contributed by atoms with Crippen molar-refractivity contribution in [1.82, 2.24) is 4.90 Å². The normalized spacial score (nSPS) is 19.9. The SMILES string of the molecule is CC(=O)N=C1[Se]CCN1CC(O)c1cccs1. The second-order valence-electron chi connectivity index (χ2n) is 3.74. The van der Waals surface area contributed by atoms with Crippen molar-refractivity contribution in [2.45, 2.75) is 18.3 Å². The third-order valence-electron chi connectivity index (χ3n) is 2.38. The standard InChI is InChI=1S/C11H14N2O2SSe/c1-8(14)12-11-13(4-6-17-11)7-9(15)10-3-2-5-16-10/h2-3,5,9,15H,4,6-7H2,1H3. The van der Waals surface area contributed by atoms with E-state index in [1.807, 2.05) is 22.4 Å². The summed E-state index contributed by atoms with van der Waals surface area (Å²) in [5.41, 5.74) is 0. The summed E-state index contributed by atoms with van der Waals surface area (Å²) in [6.45, 7) is 2.90. The summed E-state index contributed by atoms with van der Waals surface area (Å²) in [6.07, 6.45) is -0.485. The van der Waals surface area contributed by atoms with E-state index in [0.29, 0.717) is 6.54 Å². The van der Waals surface area contributed by atoms with Gasteiger partial charge >= 0.3 is 111 Å². The van der Waals surface area contributed by atoms with Gasteiger partial charge in [-0.3, -0.25) is 0 Å². The van der Waals surface area contributed by atoms with Crippen molar-refractivity contribution in [3.8, 4) is 0 Å². The average molecular weight is 317 g/mol. The molecule has 4 nitrogen and oxygen atoms in total. The fourth-order valence-corrected chi connectivity index (χ4v) is 4.50. The molecular formula is C11H14N2O2SSe. The molecule has 1 unspecified atom stereocenters. The van der Waals surface area contributed by atoms with Crippen molar-refractivity contribution >= 4 is 36.9 Å². The third-order valence-corrected chi connectivity index (χ3v) is 5.44. The van der Waals surface area contributed by atoms with E-state index in [-0.39, 0.29) is 20.9 Å². The molecule has 0 radical (unpaired) electrons. The van der Waals surface area contributed by atoms with Crippen molar-refractivity contribution in [2.24, 2.45) is 4.99 Å². The summed E-state index contributed by atoms with van der Waals surface area (Å²) in [7, 11) is 0. The van der Waals surface area contributed by atoms with Gasteiger partial charge in [-0.15, -0.1) is 0 Å². The van der Waals surface area contributed by atoms with Crippen LogP contribution in [-0.4, -0.2) is 48.7 Å². The topological polar surface area (TPSA) is 52.9 Å². The molecule has 0 bridgehead atoms. The molecule has 1 aromatic heterocycles. The molecule has 1 N–H and O–H groups in total. The average Bonchev–Trinajstić information content (AvgIpc) is 2.89. The molecule has 0 aromatic carbocycles. The van der Waals surface area contributed by atoms with Crippen LogP contribution in [0.2, 0.25) is 5.32 Å². The van der Waals surface area contributed by atoms with Crippen molar-refractivity contribution in [1.29, 1.82) is 0 Å². The fourth-order valence-electron chi connectivity index (χ4n) is 1.62. The van der Waals surface area contributed by atoms with Crippen LogP contribution in [0.1, 0.15) is 17.9 Å². The molecule has 1 saturated heterocycles. The zero-order valence-electron chi connectivity index (χ0n) is 9.50. The molecule has 17 heavy (non-hydrogen) atoms. The quantitative estimate of drug-likeness (QED) is 0.850. The van der Waals surface area contributed by atoms with E-state index < -0.39 is 6.10 Å². The summed E-state index contributed by atoms with van der Waals surface area (Å²) in [6, 6.07) is 3.86. The molecule has 92 valence electrons. The number of aliphatic hydroxyl groups is 1. The molecule has 0 spiro atoms. The van der Waals surface area contributed by atoms with Gasteiger partial charge in [0.25, 0.3) is 0 Å². The first-order valence-corrected chi connectivity index (χ1v) is 8.30. The molecule has 2 rings (SSSR count). The van der Waals surface area contributed by atoms with Gasteiger partial charge in [-0.1, -0.05) is 0 Å². The van der Waals surface area contributed by atoms with Crippen LogP contribution in [0.25, 0.3) is 0 Å². The van der Waals surface area contributed by atoms with E-state index in [1.54, 1.807) is 11.3 Å². The van der Waals surface area contributed by atoms with E-state index in [9.17, 15) is 9.90 Å². The van der Waals surface area contributed by atoms with Crippen molar-refractivity contribution in [3.05, 3.63) is 22.4 Å². The van der Waals surface area contributed by atoms with Gasteiger partial charge in [-0.05, 0) is 0 Å². The molecule has 1 aliphatic rings. The van der Waals surface area contributed by atoms with E-state index >= 15 is 0 Å². The Morgan fingerprint density at radius 3 is 3.24 bits per heavy atom. The Hall–Kier alpha value is -0.681. The van der Waals surface area contributed by atoms with Crippen LogP contribution in [0.5, 0.6) is 0 Å². The molecule has 6 heteroatoms. The Kier molecular flexibility index (Phi) is 4.34. The number of carbonyl (C=O) groups is 1. The van der Waals surface area contributed by atoms with Gasteiger partial charge in [-0.25, -0.2) is 0 Å². The maximum absolute atomic E-state index is 11.0. The van der Waals surface area contributed by atoms with Crippen LogP contribution in [0.15, 0.2) is 22.5 Å². The number of rotatable bonds is 3. The number of thiophene rings is 1.